The van der Waals surface area contributed by atoms with Crippen LogP contribution in [-0.2, 0) is 14.3 Å². The number of rotatable bonds is 4. The molecule has 112 valence electrons. The molecule has 0 saturated heterocycles. The van der Waals surface area contributed by atoms with Crippen LogP contribution in [-0.4, -0.2) is 30.3 Å². The quantitative estimate of drug-likeness (QED) is 0.798. The lowest BCUT2D eigenvalue weighted by Crippen LogP contribution is -2.46. The summed E-state index contributed by atoms with van der Waals surface area (Å²) >= 11 is 0. The van der Waals surface area contributed by atoms with Gasteiger partial charge in [-0.2, -0.15) is 0 Å². The Labute approximate surface area is 117 Å². The molecule has 0 unspecified atom stereocenters. The summed E-state index contributed by atoms with van der Waals surface area (Å²) in [6, 6.07) is 0. The molecule has 19 heavy (non-hydrogen) atoms. The third kappa shape index (κ3) is 5.49. The second-order valence-corrected chi connectivity index (χ2v) is 7.43. The SMILES string of the molecule is CC1(C)CCC(CN)(OCC(=O)OC(C)(C)C)CC1. The number of hydrogen-bond acceptors (Lipinski definition) is 4. The highest BCUT2D eigenvalue weighted by molar-refractivity contribution is 5.71. The molecule has 0 heterocycles. The van der Waals surface area contributed by atoms with Gasteiger partial charge in [-0.15, -0.1) is 0 Å². The molecule has 0 spiro atoms. The van der Waals surface area contributed by atoms with Crippen LogP contribution in [0.5, 0.6) is 0 Å². The maximum absolute atomic E-state index is 11.7. The van der Waals surface area contributed by atoms with Crippen molar-refractivity contribution in [3.63, 3.8) is 0 Å². The van der Waals surface area contributed by atoms with E-state index < -0.39 is 5.60 Å². The van der Waals surface area contributed by atoms with E-state index in [0.717, 1.165) is 25.7 Å². The Hall–Kier alpha value is -0.610. The minimum Gasteiger partial charge on any atom is -0.458 e. The first kappa shape index (κ1) is 16.4. The fourth-order valence-electron chi connectivity index (χ4n) is 2.37. The first-order chi connectivity index (χ1) is 8.58. The molecule has 0 aromatic heterocycles. The van der Waals surface area contributed by atoms with E-state index in [1.807, 2.05) is 20.8 Å². The highest BCUT2D eigenvalue weighted by Gasteiger charge is 2.38. The van der Waals surface area contributed by atoms with Crippen molar-refractivity contribution in [1.82, 2.24) is 0 Å². The normalized spacial score (nSPS) is 22.0. The van der Waals surface area contributed by atoms with Crippen molar-refractivity contribution < 1.29 is 14.3 Å². The number of nitrogens with two attached hydrogens (primary N) is 1. The van der Waals surface area contributed by atoms with Crippen LogP contribution in [0.15, 0.2) is 0 Å². The van der Waals surface area contributed by atoms with E-state index in [0.29, 0.717) is 12.0 Å². The summed E-state index contributed by atoms with van der Waals surface area (Å²) in [5, 5.41) is 0. The Bertz CT molecular complexity index is 308. The molecule has 4 heteroatoms. The molecule has 0 aromatic rings. The Morgan fingerprint density at radius 2 is 1.68 bits per heavy atom. The van der Waals surface area contributed by atoms with Crippen molar-refractivity contribution in [2.75, 3.05) is 13.2 Å². The highest BCUT2D eigenvalue weighted by Crippen LogP contribution is 2.41. The third-order valence-corrected chi connectivity index (χ3v) is 3.80. The van der Waals surface area contributed by atoms with Gasteiger partial charge in [0.05, 0.1) is 5.60 Å². The van der Waals surface area contributed by atoms with Gasteiger partial charge in [-0.05, 0) is 51.9 Å². The van der Waals surface area contributed by atoms with Crippen molar-refractivity contribution in [2.24, 2.45) is 11.1 Å². The van der Waals surface area contributed by atoms with Crippen LogP contribution in [0.2, 0.25) is 0 Å². The van der Waals surface area contributed by atoms with Gasteiger partial charge in [0.1, 0.15) is 12.2 Å². The third-order valence-electron chi connectivity index (χ3n) is 3.80. The Kier molecular flexibility index (Phi) is 5.02. The van der Waals surface area contributed by atoms with Crippen LogP contribution in [0.4, 0.5) is 0 Å². The summed E-state index contributed by atoms with van der Waals surface area (Å²) in [5.74, 6) is -0.315. The molecule has 1 aliphatic rings. The Balaban J connectivity index is 2.48. The van der Waals surface area contributed by atoms with E-state index >= 15 is 0 Å². The molecule has 0 bridgehead atoms. The summed E-state index contributed by atoms with van der Waals surface area (Å²) in [5.41, 5.74) is 5.41. The molecule has 0 amide bonds. The summed E-state index contributed by atoms with van der Waals surface area (Å²) in [7, 11) is 0. The van der Waals surface area contributed by atoms with Crippen LogP contribution in [0.3, 0.4) is 0 Å². The molecule has 2 N–H and O–H groups in total. The molecule has 4 nitrogen and oxygen atoms in total. The molecule has 1 fully saturated rings. The van der Waals surface area contributed by atoms with Gasteiger partial charge in [0.2, 0.25) is 0 Å². The van der Waals surface area contributed by atoms with E-state index in [1.54, 1.807) is 0 Å². The van der Waals surface area contributed by atoms with E-state index in [9.17, 15) is 4.79 Å². The predicted octanol–water partition coefficient (Wildman–Crippen LogP) is 2.64. The first-order valence-corrected chi connectivity index (χ1v) is 7.13. The maximum Gasteiger partial charge on any atom is 0.332 e. The zero-order valence-corrected chi connectivity index (χ0v) is 13.0. The van der Waals surface area contributed by atoms with Gasteiger partial charge in [0, 0.05) is 6.54 Å². The number of hydrogen-bond donors (Lipinski definition) is 1. The number of carbonyl (C=O) groups is 1. The largest absolute Gasteiger partial charge is 0.458 e. The number of ether oxygens (including phenoxy) is 2. The summed E-state index contributed by atoms with van der Waals surface area (Å²) < 4.78 is 11.1. The number of esters is 1. The van der Waals surface area contributed by atoms with Crippen molar-refractivity contribution in [3.05, 3.63) is 0 Å². The molecular weight excluding hydrogens is 242 g/mol. The fraction of sp³-hybridized carbons (Fsp3) is 0.933. The predicted molar refractivity (Wildman–Crippen MR) is 75.8 cm³/mol. The van der Waals surface area contributed by atoms with Gasteiger partial charge >= 0.3 is 5.97 Å². The standard InChI is InChI=1S/C15H29NO3/c1-13(2,3)19-12(17)10-18-15(11-16)8-6-14(4,5)7-9-15/h6-11,16H2,1-5H3. The average molecular weight is 271 g/mol. The lowest BCUT2D eigenvalue weighted by molar-refractivity contribution is -0.169. The van der Waals surface area contributed by atoms with Crippen molar-refractivity contribution >= 4 is 5.97 Å². The summed E-state index contributed by atoms with van der Waals surface area (Å²) in [4.78, 5) is 11.7. The average Bonchev–Trinajstić information content (AvgIpc) is 2.26. The van der Waals surface area contributed by atoms with Gasteiger partial charge in [0.25, 0.3) is 0 Å². The smallest absolute Gasteiger partial charge is 0.332 e. The zero-order valence-electron chi connectivity index (χ0n) is 13.0. The van der Waals surface area contributed by atoms with Crippen molar-refractivity contribution in [2.45, 2.75) is 71.5 Å². The molecule has 1 saturated carbocycles. The molecular formula is C15H29NO3. The first-order valence-electron chi connectivity index (χ1n) is 7.13. The molecule has 1 aliphatic carbocycles. The van der Waals surface area contributed by atoms with Gasteiger partial charge in [-0.25, -0.2) is 4.79 Å². The topological polar surface area (TPSA) is 61.5 Å². The summed E-state index contributed by atoms with van der Waals surface area (Å²) in [6.45, 7) is 10.6. The van der Waals surface area contributed by atoms with E-state index in [4.69, 9.17) is 15.2 Å². The molecule has 0 aliphatic heterocycles. The van der Waals surface area contributed by atoms with Crippen LogP contribution in [0.1, 0.15) is 60.3 Å². The number of carbonyl (C=O) groups excluding carboxylic acids is 1. The second-order valence-electron chi connectivity index (χ2n) is 7.43. The van der Waals surface area contributed by atoms with Gasteiger partial charge in [0.15, 0.2) is 0 Å². The highest BCUT2D eigenvalue weighted by atomic mass is 16.6. The molecule has 0 aromatic carbocycles. The van der Waals surface area contributed by atoms with Gasteiger partial charge in [-0.3, -0.25) is 0 Å². The monoisotopic (exact) mass is 271 g/mol. The fourth-order valence-corrected chi connectivity index (χ4v) is 2.37. The lowest BCUT2D eigenvalue weighted by Gasteiger charge is -2.42. The molecule has 1 rings (SSSR count). The van der Waals surface area contributed by atoms with Gasteiger partial charge < -0.3 is 15.2 Å². The second kappa shape index (κ2) is 5.80. The van der Waals surface area contributed by atoms with Crippen LogP contribution >= 0.6 is 0 Å². The van der Waals surface area contributed by atoms with Crippen molar-refractivity contribution in [1.29, 1.82) is 0 Å². The lowest BCUT2D eigenvalue weighted by atomic mass is 9.71. The van der Waals surface area contributed by atoms with E-state index in [2.05, 4.69) is 13.8 Å². The van der Waals surface area contributed by atoms with E-state index in [-0.39, 0.29) is 18.2 Å². The molecule has 0 radical (unpaired) electrons. The van der Waals surface area contributed by atoms with Gasteiger partial charge in [-0.1, -0.05) is 13.8 Å². The Morgan fingerprint density at radius 3 is 2.11 bits per heavy atom. The zero-order chi connectivity index (χ0) is 14.7. The van der Waals surface area contributed by atoms with Crippen molar-refractivity contribution in [3.8, 4) is 0 Å². The van der Waals surface area contributed by atoms with E-state index in [1.165, 1.54) is 0 Å². The van der Waals surface area contributed by atoms with Crippen LogP contribution in [0, 0.1) is 5.41 Å². The van der Waals surface area contributed by atoms with Crippen LogP contribution < -0.4 is 5.73 Å². The maximum atomic E-state index is 11.7. The molecule has 0 atom stereocenters. The Morgan fingerprint density at radius 1 is 1.16 bits per heavy atom. The minimum absolute atomic E-state index is 0.00506. The van der Waals surface area contributed by atoms with Crippen LogP contribution in [0.25, 0.3) is 0 Å². The minimum atomic E-state index is -0.467. The summed E-state index contributed by atoms with van der Waals surface area (Å²) in [6.07, 6.45) is 4.00.